The quantitative estimate of drug-likeness (QED) is 0.692. The van der Waals surface area contributed by atoms with Crippen LogP contribution in [-0.4, -0.2) is 50.1 Å². The number of piperidine rings is 1. The summed E-state index contributed by atoms with van der Waals surface area (Å²) in [4.78, 5) is 13.8. The van der Waals surface area contributed by atoms with Gasteiger partial charge in [0.25, 0.3) is 0 Å². The molecule has 16 heavy (non-hydrogen) atoms. The predicted octanol–water partition coefficient (Wildman–Crippen LogP) is 0.444. The minimum atomic E-state index is 0.161. The van der Waals surface area contributed by atoms with Crippen LogP contribution in [-0.2, 0) is 4.79 Å². The minimum absolute atomic E-state index is 0.161. The van der Waals surface area contributed by atoms with E-state index in [9.17, 15) is 4.79 Å². The molecule has 0 aromatic heterocycles. The summed E-state index contributed by atoms with van der Waals surface area (Å²) in [5.41, 5.74) is 0. The SMILES string of the molecule is CCN(CC)CC(=O)NCC1CCCNC1. The van der Waals surface area contributed by atoms with Crippen molar-refractivity contribution in [2.45, 2.75) is 26.7 Å². The van der Waals surface area contributed by atoms with Crippen LogP contribution in [0.15, 0.2) is 0 Å². The first-order valence-electron chi connectivity index (χ1n) is 6.46. The van der Waals surface area contributed by atoms with E-state index in [1.807, 2.05) is 0 Å². The Morgan fingerprint density at radius 3 is 2.75 bits per heavy atom. The molecule has 1 amide bonds. The fourth-order valence-corrected chi connectivity index (χ4v) is 2.06. The van der Waals surface area contributed by atoms with Crippen LogP contribution in [0, 0.1) is 5.92 Å². The van der Waals surface area contributed by atoms with E-state index in [1.54, 1.807) is 0 Å². The molecule has 2 N–H and O–H groups in total. The number of rotatable bonds is 6. The monoisotopic (exact) mass is 227 g/mol. The molecule has 1 atom stereocenters. The first-order chi connectivity index (χ1) is 7.76. The highest BCUT2D eigenvalue weighted by Gasteiger charge is 2.14. The summed E-state index contributed by atoms with van der Waals surface area (Å²) in [5.74, 6) is 0.781. The van der Waals surface area contributed by atoms with Gasteiger partial charge in [-0.2, -0.15) is 0 Å². The molecule has 4 nitrogen and oxygen atoms in total. The smallest absolute Gasteiger partial charge is 0.234 e. The van der Waals surface area contributed by atoms with Crippen molar-refractivity contribution >= 4 is 5.91 Å². The van der Waals surface area contributed by atoms with Crippen LogP contribution in [0.3, 0.4) is 0 Å². The molecule has 1 heterocycles. The molecule has 1 rings (SSSR count). The molecule has 4 heteroatoms. The van der Waals surface area contributed by atoms with Gasteiger partial charge in [-0.1, -0.05) is 13.8 Å². The maximum absolute atomic E-state index is 11.6. The summed E-state index contributed by atoms with van der Waals surface area (Å²) in [6, 6.07) is 0. The fourth-order valence-electron chi connectivity index (χ4n) is 2.06. The average molecular weight is 227 g/mol. The maximum atomic E-state index is 11.6. The van der Waals surface area contributed by atoms with Crippen molar-refractivity contribution in [2.24, 2.45) is 5.92 Å². The van der Waals surface area contributed by atoms with Gasteiger partial charge in [-0.15, -0.1) is 0 Å². The van der Waals surface area contributed by atoms with Gasteiger partial charge in [0.1, 0.15) is 0 Å². The number of likely N-dealkylation sites (N-methyl/N-ethyl adjacent to an activating group) is 1. The van der Waals surface area contributed by atoms with Crippen LogP contribution < -0.4 is 10.6 Å². The summed E-state index contributed by atoms with van der Waals surface area (Å²) in [6.07, 6.45) is 2.47. The number of carbonyl (C=O) groups excluding carboxylic acids is 1. The lowest BCUT2D eigenvalue weighted by molar-refractivity contribution is -0.122. The van der Waals surface area contributed by atoms with E-state index >= 15 is 0 Å². The minimum Gasteiger partial charge on any atom is -0.355 e. The molecule has 1 saturated heterocycles. The van der Waals surface area contributed by atoms with E-state index in [0.717, 1.165) is 32.7 Å². The Kier molecular flexibility index (Phi) is 6.42. The van der Waals surface area contributed by atoms with Crippen LogP contribution >= 0.6 is 0 Å². The number of hydrogen-bond acceptors (Lipinski definition) is 3. The Morgan fingerprint density at radius 1 is 1.44 bits per heavy atom. The molecule has 94 valence electrons. The lowest BCUT2D eigenvalue weighted by Gasteiger charge is -2.24. The topological polar surface area (TPSA) is 44.4 Å². The molecule has 0 radical (unpaired) electrons. The standard InChI is InChI=1S/C12H25N3O/c1-3-15(4-2)10-12(16)14-9-11-6-5-7-13-8-11/h11,13H,3-10H2,1-2H3,(H,14,16). The Bertz CT molecular complexity index is 198. The number of nitrogens with zero attached hydrogens (tertiary/aromatic N) is 1. The Balaban J connectivity index is 2.13. The van der Waals surface area contributed by atoms with Gasteiger partial charge in [-0.05, 0) is 44.9 Å². The van der Waals surface area contributed by atoms with E-state index < -0.39 is 0 Å². The molecule has 0 spiro atoms. The molecule has 0 saturated carbocycles. The number of nitrogens with one attached hydrogen (secondary N) is 2. The second-order valence-electron chi connectivity index (χ2n) is 4.48. The summed E-state index contributed by atoms with van der Waals surface area (Å²) < 4.78 is 0. The Hall–Kier alpha value is -0.610. The lowest BCUT2D eigenvalue weighted by Crippen LogP contribution is -2.42. The Labute approximate surface area is 98.8 Å². The maximum Gasteiger partial charge on any atom is 0.234 e. The van der Waals surface area contributed by atoms with Gasteiger partial charge in [0.15, 0.2) is 0 Å². The first kappa shape index (κ1) is 13.5. The van der Waals surface area contributed by atoms with E-state index in [0.29, 0.717) is 12.5 Å². The third kappa shape index (κ3) is 4.94. The van der Waals surface area contributed by atoms with Crippen molar-refractivity contribution in [1.82, 2.24) is 15.5 Å². The van der Waals surface area contributed by atoms with Crippen molar-refractivity contribution in [3.8, 4) is 0 Å². The largest absolute Gasteiger partial charge is 0.355 e. The zero-order chi connectivity index (χ0) is 11.8. The van der Waals surface area contributed by atoms with E-state index in [4.69, 9.17) is 0 Å². The van der Waals surface area contributed by atoms with Crippen molar-refractivity contribution < 1.29 is 4.79 Å². The highest BCUT2D eigenvalue weighted by Crippen LogP contribution is 2.07. The first-order valence-corrected chi connectivity index (χ1v) is 6.46. The predicted molar refractivity (Wildman–Crippen MR) is 66.4 cm³/mol. The van der Waals surface area contributed by atoms with Crippen molar-refractivity contribution in [3.05, 3.63) is 0 Å². The highest BCUT2D eigenvalue weighted by atomic mass is 16.2. The van der Waals surface area contributed by atoms with Crippen LogP contribution in [0.1, 0.15) is 26.7 Å². The van der Waals surface area contributed by atoms with E-state index in [1.165, 1.54) is 12.8 Å². The zero-order valence-corrected chi connectivity index (χ0v) is 10.6. The van der Waals surface area contributed by atoms with Gasteiger partial charge in [0.2, 0.25) is 5.91 Å². The summed E-state index contributed by atoms with van der Waals surface area (Å²) in [6.45, 7) is 9.59. The van der Waals surface area contributed by atoms with Gasteiger partial charge < -0.3 is 10.6 Å². The summed E-state index contributed by atoms with van der Waals surface area (Å²) in [7, 11) is 0. The second kappa shape index (κ2) is 7.63. The number of carbonyl (C=O) groups is 1. The second-order valence-corrected chi connectivity index (χ2v) is 4.48. The summed E-state index contributed by atoms with van der Waals surface area (Å²) in [5, 5.41) is 6.39. The zero-order valence-electron chi connectivity index (χ0n) is 10.6. The van der Waals surface area contributed by atoms with Crippen molar-refractivity contribution in [3.63, 3.8) is 0 Å². The Morgan fingerprint density at radius 2 is 2.19 bits per heavy atom. The van der Waals surface area contributed by atoms with Gasteiger partial charge in [-0.3, -0.25) is 9.69 Å². The molecule has 1 aliphatic heterocycles. The summed E-state index contributed by atoms with van der Waals surface area (Å²) >= 11 is 0. The van der Waals surface area contributed by atoms with E-state index in [2.05, 4.69) is 29.4 Å². The molecular weight excluding hydrogens is 202 g/mol. The molecule has 1 unspecified atom stereocenters. The average Bonchev–Trinajstić information content (AvgIpc) is 2.34. The third-order valence-corrected chi connectivity index (χ3v) is 3.25. The van der Waals surface area contributed by atoms with Crippen molar-refractivity contribution in [1.29, 1.82) is 0 Å². The molecule has 0 aliphatic carbocycles. The molecule has 0 aromatic rings. The fraction of sp³-hybridized carbons (Fsp3) is 0.917. The van der Waals surface area contributed by atoms with Crippen LogP contribution in [0.5, 0.6) is 0 Å². The van der Waals surface area contributed by atoms with Crippen LogP contribution in [0.25, 0.3) is 0 Å². The lowest BCUT2D eigenvalue weighted by atomic mass is 10.00. The number of amides is 1. The van der Waals surface area contributed by atoms with E-state index in [-0.39, 0.29) is 5.91 Å². The molecule has 1 fully saturated rings. The third-order valence-electron chi connectivity index (χ3n) is 3.25. The molecule has 1 aliphatic rings. The van der Waals surface area contributed by atoms with Crippen molar-refractivity contribution in [2.75, 3.05) is 39.3 Å². The van der Waals surface area contributed by atoms with Crippen LogP contribution in [0.4, 0.5) is 0 Å². The highest BCUT2D eigenvalue weighted by molar-refractivity contribution is 5.77. The van der Waals surface area contributed by atoms with Gasteiger partial charge in [-0.25, -0.2) is 0 Å². The van der Waals surface area contributed by atoms with Gasteiger partial charge >= 0.3 is 0 Å². The normalized spacial score (nSPS) is 21.1. The molecule has 0 bridgehead atoms. The van der Waals surface area contributed by atoms with Crippen LogP contribution in [0.2, 0.25) is 0 Å². The number of hydrogen-bond donors (Lipinski definition) is 2. The van der Waals surface area contributed by atoms with Gasteiger partial charge in [0.05, 0.1) is 6.54 Å². The molecule has 0 aromatic carbocycles. The molecular formula is C12H25N3O. The van der Waals surface area contributed by atoms with Gasteiger partial charge in [0, 0.05) is 6.54 Å².